The first kappa shape index (κ1) is 19.8. The molecule has 0 amide bonds. The van der Waals surface area contributed by atoms with Crippen LogP contribution in [-0.2, 0) is 12.8 Å². The first-order valence-corrected chi connectivity index (χ1v) is 10.4. The van der Waals surface area contributed by atoms with Gasteiger partial charge < -0.3 is 0 Å². The molecule has 0 aromatic heterocycles. The van der Waals surface area contributed by atoms with Gasteiger partial charge in [0.15, 0.2) is 5.78 Å². The zero-order valence-corrected chi connectivity index (χ0v) is 17.6. The van der Waals surface area contributed by atoms with E-state index in [1.165, 1.54) is 11.1 Å². The molecule has 30 heavy (non-hydrogen) atoms. The molecule has 0 N–H and O–H groups in total. The third-order valence-corrected chi connectivity index (χ3v) is 5.60. The molecule has 1 nitrogen and oxygen atoms in total. The average Bonchev–Trinajstić information content (AvgIpc) is 2.77. The van der Waals surface area contributed by atoms with Gasteiger partial charge >= 0.3 is 0 Å². The Hall–Kier alpha value is -3.45. The van der Waals surface area contributed by atoms with Gasteiger partial charge in [-0.1, -0.05) is 84.9 Å². The van der Waals surface area contributed by atoms with Crippen LogP contribution >= 0.6 is 0 Å². The first-order valence-electron chi connectivity index (χ1n) is 10.4. The molecule has 0 atom stereocenters. The topological polar surface area (TPSA) is 17.1 Å². The van der Waals surface area contributed by atoms with Gasteiger partial charge in [0.25, 0.3) is 0 Å². The molecule has 4 aromatic rings. The maximum absolute atomic E-state index is 13.5. The Labute approximate surface area is 179 Å². The van der Waals surface area contributed by atoms with Gasteiger partial charge in [0, 0.05) is 11.1 Å². The molecule has 0 spiro atoms. The molecule has 0 fully saturated rings. The highest BCUT2D eigenvalue weighted by molar-refractivity contribution is 6.11. The number of ketones is 1. The third kappa shape index (κ3) is 4.58. The second kappa shape index (κ2) is 8.92. The lowest BCUT2D eigenvalue weighted by molar-refractivity contribution is 0.103. The number of rotatable bonds is 6. The Kier molecular flexibility index (Phi) is 5.90. The van der Waals surface area contributed by atoms with Crippen LogP contribution in [0, 0.1) is 13.8 Å². The van der Waals surface area contributed by atoms with Crippen LogP contribution in [0.15, 0.2) is 97.1 Å². The minimum absolute atomic E-state index is 0.106. The van der Waals surface area contributed by atoms with Crippen molar-refractivity contribution in [3.8, 4) is 0 Å². The molecule has 0 heterocycles. The first-order chi connectivity index (χ1) is 14.6. The lowest BCUT2D eigenvalue weighted by Gasteiger charge is -2.12. The molecule has 0 saturated carbocycles. The van der Waals surface area contributed by atoms with E-state index in [1.807, 2.05) is 26.0 Å². The van der Waals surface area contributed by atoms with E-state index in [4.69, 9.17) is 0 Å². The monoisotopic (exact) mass is 390 g/mol. The van der Waals surface area contributed by atoms with Crippen LogP contribution in [0.3, 0.4) is 0 Å². The summed E-state index contributed by atoms with van der Waals surface area (Å²) in [5, 5.41) is 0. The zero-order chi connectivity index (χ0) is 20.9. The zero-order valence-electron chi connectivity index (χ0n) is 17.6. The third-order valence-electron chi connectivity index (χ3n) is 5.60. The molecule has 1 heteroatoms. The van der Waals surface area contributed by atoms with Crippen LogP contribution in [-0.4, -0.2) is 5.78 Å². The molecule has 148 valence electrons. The average molecular weight is 391 g/mol. The van der Waals surface area contributed by atoms with Gasteiger partial charge in [0.05, 0.1) is 0 Å². The van der Waals surface area contributed by atoms with Crippen LogP contribution in [0.1, 0.15) is 49.3 Å². The van der Waals surface area contributed by atoms with Crippen molar-refractivity contribution in [1.82, 2.24) is 0 Å². The van der Waals surface area contributed by atoms with E-state index in [0.29, 0.717) is 0 Å². The van der Waals surface area contributed by atoms with Crippen molar-refractivity contribution in [3.63, 3.8) is 0 Å². The fourth-order valence-electron chi connectivity index (χ4n) is 3.86. The summed E-state index contributed by atoms with van der Waals surface area (Å²) in [5.74, 6) is 0.106. The van der Waals surface area contributed by atoms with Gasteiger partial charge in [-0.3, -0.25) is 4.79 Å². The van der Waals surface area contributed by atoms with Gasteiger partial charge in [-0.2, -0.15) is 0 Å². The van der Waals surface area contributed by atoms with E-state index in [9.17, 15) is 4.79 Å². The molecular formula is C29H26O. The van der Waals surface area contributed by atoms with Crippen LogP contribution in [0.25, 0.3) is 0 Å². The quantitative estimate of drug-likeness (QED) is 0.334. The molecule has 0 aliphatic carbocycles. The summed E-state index contributed by atoms with van der Waals surface area (Å²) in [5.41, 5.74) is 8.45. The van der Waals surface area contributed by atoms with E-state index in [-0.39, 0.29) is 5.78 Å². The second-order valence-corrected chi connectivity index (χ2v) is 7.95. The minimum atomic E-state index is 0.106. The summed E-state index contributed by atoms with van der Waals surface area (Å²) in [7, 11) is 0. The number of aryl methyl sites for hydroxylation is 2. The molecule has 0 bridgehead atoms. The van der Waals surface area contributed by atoms with E-state index < -0.39 is 0 Å². The number of benzene rings is 4. The van der Waals surface area contributed by atoms with Gasteiger partial charge in [-0.15, -0.1) is 0 Å². The molecule has 0 aliphatic rings. The molecule has 0 saturated heterocycles. The lowest BCUT2D eigenvalue weighted by Crippen LogP contribution is -2.08. The fourth-order valence-corrected chi connectivity index (χ4v) is 3.86. The Morgan fingerprint density at radius 1 is 0.533 bits per heavy atom. The summed E-state index contributed by atoms with van der Waals surface area (Å²) >= 11 is 0. The standard InChI is InChI=1S/C29H26O/c1-21-13-15-25(17-23-9-5-3-6-10-23)19-27(21)29(30)28-20-26(16-14-22(28)2)18-24-11-7-4-8-12-24/h3-16,19-20H,17-18H2,1-2H3. The SMILES string of the molecule is Cc1ccc(Cc2ccccc2)cc1C(=O)c1cc(Cc2ccccc2)ccc1C. The van der Waals surface area contributed by atoms with Crippen LogP contribution < -0.4 is 0 Å². The predicted octanol–water partition coefficient (Wildman–Crippen LogP) is 6.72. The fraction of sp³-hybridized carbons (Fsp3) is 0.138. The Bertz CT molecular complexity index is 1060. The summed E-state index contributed by atoms with van der Waals surface area (Å²) in [4.78, 5) is 13.5. The van der Waals surface area contributed by atoms with E-state index >= 15 is 0 Å². The molecule has 0 unspecified atom stereocenters. The van der Waals surface area contributed by atoms with E-state index in [2.05, 4.69) is 84.9 Å². The van der Waals surface area contributed by atoms with E-state index in [1.54, 1.807) is 0 Å². The molecular weight excluding hydrogens is 364 g/mol. The van der Waals surface area contributed by atoms with Crippen molar-refractivity contribution in [2.24, 2.45) is 0 Å². The van der Waals surface area contributed by atoms with Gasteiger partial charge in [-0.05, 0) is 72.2 Å². The lowest BCUT2D eigenvalue weighted by atomic mass is 9.91. The number of hydrogen-bond donors (Lipinski definition) is 0. The van der Waals surface area contributed by atoms with Crippen molar-refractivity contribution < 1.29 is 4.79 Å². The summed E-state index contributed by atoms with van der Waals surface area (Å²) in [6.07, 6.45) is 1.66. The number of carbonyl (C=O) groups excluding carboxylic acids is 1. The minimum Gasteiger partial charge on any atom is -0.289 e. The van der Waals surface area contributed by atoms with Crippen molar-refractivity contribution in [2.75, 3.05) is 0 Å². The molecule has 4 rings (SSSR count). The molecule has 0 aliphatic heterocycles. The van der Waals surface area contributed by atoms with Crippen LogP contribution in [0.4, 0.5) is 0 Å². The number of carbonyl (C=O) groups is 1. The van der Waals surface area contributed by atoms with Gasteiger partial charge in [0.1, 0.15) is 0 Å². The summed E-state index contributed by atoms with van der Waals surface area (Å²) in [6.45, 7) is 4.03. The molecule has 4 aromatic carbocycles. The van der Waals surface area contributed by atoms with Crippen molar-refractivity contribution >= 4 is 5.78 Å². The number of hydrogen-bond acceptors (Lipinski definition) is 1. The summed E-state index contributed by atoms with van der Waals surface area (Å²) in [6, 6.07) is 33.3. The summed E-state index contributed by atoms with van der Waals surface area (Å²) < 4.78 is 0. The normalized spacial score (nSPS) is 10.7. The van der Waals surface area contributed by atoms with Gasteiger partial charge in [0.2, 0.25) is 0 Å². The Morgan fingerprint density at radius 3 is 1.33 bits per heavy atom. The van der Waals surface area contributed by atoms with Crippen molar-refractivity contribution in [1.29, 1.82) is 0 Å². The second-order valence-electron chi connectivity index (χ2n) is 7.95. The Balaban J connectivity index is 1.64. The predicted molar refractivity (Wildman–Crippen MR) is 124 cm³/mol. The van der Waals surface area contributed by atoms with E-state index in [0.717, 1.165) is 46.2 Å². The highest BCUT2D eigenvalue weighted by Gasteiger charge is 2.16. The van der Waals surface area contributed by atoms with Crippen LogP contribution in [0.5, 0.6) is 0 Å². The smallest absolute Gasteiger partial charge is 0.193 e. The highest BCUT2D eigenvalue weighted by atomic mass is 16.1. The Morgan fingerprint density at radius 2 is 0.933 bits per heavy atom. The molecule has 0 radical (unpaired) electrons. The highest BCUT2D eigenvalue weighted by Crippen LogP contribution is 2.22. The maximum atomic E-state index is 13.5. The van der Waals surface area contributed by atoms with Crippen molar-refractivity contribution in [2.45, 2.75) is 26.7 Å². The maximum Gasteiger partial charge on any atom is 0.193 e. The van der Waals surface area contributed by atoms with Crippen LogP contribution in [0.2, 0.25) is 0 Å². The van der Waals surface area contributed by atoms with Gasteiger partial charge in [-0.25, -0.2) is 0 Å². The largest absolute Gasteiger partial charge is 0.289 e. The van der Waals surface area contributed by atoms with Crippen molar-refractivity contribution in [3.05, 3.63) is 142 Å².